The Morgan fingerprint density at radius 3 is 1.64 bits per heavy atom. The lowest BCUT2D eigenvalue weighted by atomic mass is 9.98. The van der Waals surface area contributed by atoms with Crippen molar-refractivity contribution in [1.29, 1.82) is 0 Å². The third kappa shape index (κ3) is 13.6. The van der Waals surface area contributed by atoms with Crippen LogP contribution in [0.15, 0.2) is 54.6 Å². The predicted molar refractivity (Wildman–Crippen MR) is 190 cm³/mol. The molecule has 1 saturated heterocycles. The summed E-state index contributed by atoms with van der Waals surface area (Å²) in [6, 6.07) is 16.0. The zero-order chi connectivity index (χ0) is 32.8. The van der Waals surface area contributed by atoms with Crippen molar-refractivity contribution in [3.05, 3.63) is 69.7 Å². The molecule has 2 fully saturated rings. The molecule has 3 aromatic carbocycles. The molecular weight excluding hydrogens is 633 g/mol. The quantitative estimate of drug-likeness (QED) is 0.155. The third-order valence-electron chi connectivity index (χ3n) is 7.36. The highest BCUT2D eigenvalue weighted by atomic mass is 35.5. The SMILES string of the molecule is CN(C)CCCOc1ccc(N)cc1Cl.CN1CCC(Oc2ccc(N)cc2Cl)C1.Nc1ccc(OC2CCCCC2)c(Cl)c1. The normalized spacial score (nSPS) is 16.7. The van der Waals surface area contributed by atoms with Gasteiger partial charge < -0.3 is 41.2 Å². The molecule has 6 N–H and O–H groups in total. The fourth-order valence-corrected chi connectivity index (χ4v) is 5.67. The molecule has 5 rings (SSSR count). The van der Waals surface area contributed by atoms with E-state index in [0.29, 0.717) is 50.6 Å². The maximum atomic E-state index is 6.04. The van der Waals surface area contributed by atoms with Gasteiger partial charge in [0.2, 0.25) is 0 Å². The number of nitrogen functional groups attached to an aromatic ring is 3. The number of hydrogen-bond acceptors (Lipinski definition) is 8. The van der Waals surface area contributed by atoms with Gasteiger partial charge in [0.25, 0.3) is 0 Å². The van der Waals surface area contributed by atoms with E-state index in [0.717, 1.165) is 56.8 Å². The molecule has 1 heterocycles. The Hall–Kier alpha value is -2.75. The van der Waals surface area contributed by atoms with E-state index >= 15 is 0 Å². The van der Waals surface area contributed by atoms with Gasteiger partial charge in [-0.15, -0.1) is 0 Å². The van der Waals surface area contributed by atoms with Crippen molar-refractivity contribution in [1.82, 2.24) is 9.80 Å². The number of likely N-dealkylation sites (tertiary alicyclic amines) is 1. The van der Waals surface area contributed by atoms with E-state index in [1.165, 1.54) is 19.3 Å². The van der Waals surface area contributed by atoms with Crippen molar-refractivity contribution < 1.29 is 14.2 Å². The summed E-state index contributed by atoms with van der Waals surface area (Å²) in [5.74, 6) is 2.19. The van der Waals surface area contributed by atoms with Gasteiger partial charge in [0.05, 0.1) is 27.8 Å². The monoisotopic (exact) mass is 679 g/mol. The van der Waals surface area contributed by atoms with E-state index in [1.807, 2.05) is 32.3 Å². The van der Waals surface area contributed by atoms with Crippen LogP contribution in [0.1, 0.15) is 44.9 Å². The van der Waals surface area contributed by atoms with Gasteiger partial charge in [-0.05, 0) is 114 Å². The topological polar surface area (TPSA) is 112 Å². The molecule has 1 aliphatic heterocycles. The number of anilines is 3. The molecule has 1 aliphatic carbocycles. The van der Waals surface area contributed by atoms with Crippen LogP contribution in [0.5, 0.6) is 17.2 Å². The fraction of sp³-hybridized carbons (Fsp3) is 0.471. The van der Waals surface area contributed by atoms with Crippen LogP contribution in [0.4, 0.5) is 17.1 Å². The predicted octanol–water partition coefficient (Wildman–Crippen LogP) is 7.89. The Labute approximate surface area is 283 Å². The number of rotatable bonds is 9. The molecule has 11 heteroatoms. The summed E-state index contributed by atoms with van der Waals surface area (Å²) in [6.45, 7) is 3.71. The number of nitrogens with two attached hydrogens (primary N) is 3. The lowest BCUT2D eigenvalue weighted by Gasteiger charge is -2.23. The maximum absolute atomic E-state index is 6.04. The summed E-state index contributed by atoms with van der Waals surface area (Å²) in [5.41, 5.74) is 18.8. The second-order valence-corrected chi connectivity index (χ2v) is 13.0. The molecule has 0 spiro atoms. The number of benzene rings is 3. The van der Waals surface area contributed by atoms with Crippen molar-refractivity contribution in [2.75, 3.05) is 64.6 Å². The third-order valence-corrected chi connectivity index (χ3v) is 8.25. The van der Waals surface area contributed by atoms with E-state index < -0.39 is 0 Å². The standard InChI is InChI=1S/C12H16ClNO.C11H15ClN2O.C11H17ClN2O/c13-11-8-9(14)6-7-12(11)15-10-4-2-1-3-5-10;1-14-5-4-9(7-14)15-11-3-2-8(13)6-10(11)12;1-14(2)6-3-7-15-11-5-4-9(13)8-10(11)12/h6-8,10H,1-5,14H2;2-3,6,9H,4-5,7,13H2,1H3;4-5,8H,3,6-7,13H2,1-2H3. The van der Waals surface area contributed by atoms with Gasteiger partial charge in [-0.3, -0.25) is 0 Å². The van der Waals surface area contributed by atoms with Crippen LogP contribution in [0.3, 0.4) is 0 Å². The van der Waals surface area contributed by atoms with Crippen LogP contribution in [0.2, 0.25) is 15.1 Å². The summed E-state index contributed by atoms with van der Waals surface area (Å²) in [5, 5.41) is 1.77. The molecule has 0 aromatic heterocycles. The Kier molecular flexibility index (Phi) is 15.5. The van der Waals surface area contributed by atoms with Gasteiger partial charge in [-0.25, -0.2) is 0 Å². The Morgan fingerprint density at radius 2 is 1.20 bits per heavy atom. The summed E-state index contributed by atoms with van der Waals surface area (Å²) < 4.78 is 17.2. The van der Waals surface area contributed by atoms with E-state index in [-0.39, 0.29) is 6.10 Å². The Balaban J connectivity index is 0.000000184. The number of nitrogens with zero attached hydrogens (tertiary/aromatic N) is 2. The fourth-order valence-electron chi connectivity index (χ4n) is 4.96. The van der Waals surface area contributed by atoms with E-state index in [4.69, 9.17) is 66.2 Å². The van der Waals surface area contributed by atoms with Crippen molar-refractivity contribution in [3.63, 3.8) is 0 Å². The molecular formula is C34H48Cl3N5O3. The van der Waals surface area contributed by atoms with Crippen molar-refractivity contribution >= 4 is 51.9 Å². The Morgan fingerprint density at radius 1 is 0.711 bits per heavy atom. The van der Waals surface area contributed by atoms with Crippen LogP contribution in [-0.4, -0.2) is 69.4 Å². The van der Waals surface area contributed by atoms with Crippen LogP contribution in [0, 0.1) is 0 Å². The Bertz CT molecular complexity index is 1270. The number of hydrogen-bond donors (Lipinski definition) is 3. The van der Waals surface area contributed by atoms with Gasteiger partial charge in [-0.1, -0.05) is 41.2 Å². The summed E-state index contributed by atoms with van der Waals surface area (Å²) in [7, 11) is 6.17. The van der Waals surface area contributed by atoms with Crippen molar-refractivity contribution in [2.24, 2.45) is 0 Å². The second kappa shape index (κ2) is 19.0. The molecule has 2 aliphatic rings. The average molecular weight is 681 g/mol. The first-order valence-electron chi connectivity index (χ1n) is 15.4. The minimum atomic E-state index is 0.246. The van der Waals surface area contributed by atoms with Crippen LogP contribution < -0.4 is 31.4 Å². The summed E-state index contributed by atoms with van der Waals surface area (Å²) in [6.07, 6.45) is 8.74. The zero-order valence-corrected chi connectivity index (χ0v) is 28.9. The second-order valence-electron chi connectivity index (χ2n) is 11.7. The number of halogens is 3. The lowest BCUT2D eigenvalue weighted by molar-refractivity contribution is 0.155. The van der Waals surface area contributed by atoms with Crippen molar-refractivity contribution in [3.8, 4) is 17.2 Å². The van der Waals surface area contributed by atoms with Gasteiger partial charge in [0, 0.05) is 36.7 Å². The first kappa shape index (κ1) is 36.7. The van der Waals surface area contributed by atoms with Gasteiger partial charge >= 0.3 is 0 Å². The van der Waals surface area contributed by atoms with Gasteiger partial charge in [0.1, 0.15) is 23.4 Å². The summed E-state index contributed by atoms with van der Waals surface area (Å²) >= 11 is 18.0. The summed E-state index contributed by atoms with van der Waals surface area (Å²) in [4.78, 5) is 4.36. The van der Waals surface area contributed by atoms with E-state index in [1.54, 1.807) is 36.4 Å². The van der Waals surface area contributed by atoms with Gasteiger partial charge in [-0.2, -0.15) is 0 Å². The smallest absolute Gasteiger partial charge is 0.138 e. The van der Waals surface area contributed by atoms with Crippen LogP contribution in [-0.2, 0) is 0 Å². The minimum Gasteiger partial charge on any atom is -0.492 e. The highest BCUT2D eigenvalue weighted by molar-refractivity contribution is 6.33. The van der Waals surface area contributed by atoms with Crippen LogP contribution >= 0.6 is 34.8 Å². The first-order valence-corrected chi connectivity index (χ1v) is 16.6. The molecule has 0 radical (unpaired) electrons. The lowest BCUT2D eigenvalue weighted by Crippen LogP contribution is -2.21. The molecule has 248 valence electrons. The molecule has 8 nitrogen and oxygen atoms in total. The molecule has 0 bridgehead atoms. The largest absolute Gasteiger partial charge is 0.492 e. The minimum absolute atomic E-state index is 0.246. The van der Waals surface area contributed by atoms with E-state index in [9.17, 15) is 0 Å². The molecule has 1 atom stereocenters. The average Bonchev–Trinajstić information content (AvgIpc) is 3.40. The molecule has 45 heavy (non-hydrogen) atoms. The zero-order valence-electron chi connectivity index (χ0n) is 26.6. The molecule has 3 aromatic rings. The highest BCUT2D eigenvalue weighted by Crippen LogP contribution is 2.31. The highest BCUT2D eigenvalue weighted by Gasteiger charge is 2.21. The van der Waals surface area contributed by atoms with E-state index in [2.05, 4.69) is 16.8 Å². The molecule has 1 unspecified atom stereocenters. The van der Waals surface area contributed by atoms with Crippen molar-refractivity contribution in [2.45, 2.75) is 57.2 Å². The number of ether oxygens (including phenoxy) is 3. The van der Waals surface area contributed by atoms with Gasteiger partial charge in [0.15, 0.2) is 0 Å². The molecule has 0 amide bonds. The maximum Gasteiger partial charge on any atom is 0.138 e. The first-order chi connectivity index (χ1) is 21.5. The molecule has 1 saturated carbocycles. The van der Waals surface area contributed by atoms with Crippen LogP contribution in [0.25, 0.3) is 0 Å². The number of likely N-dealkylation sites (N-methyl/N-ethyl adjacent to an activating group) is 1.